The third-order valence-corrected chi connectivity index (χ3v) is 0. The molecule has 0 fully saturated rings. The van der Waals surface area contributed by atoms with Gasteiger partial charge in [0.25, 0.3) is 0 Å². The Morgan fingerprint density at radius 1 is 0.643 bits per heavy atom. The van der Waals surface area contributed by atoms with Gasteiger partial charge in [0.05, 0.1) is 0 Å². The summed E-state index contributed by atoms with van der Waals surface area (Å²) in [7, 11) is -4.64. The second kappa shape index (κ2) is 45.6. The van der Waals surface area contributed by atoms with Crippen LogP contribution in [0, 0.1) is 0 Å². The van der Waals surface area contributed by atoms with E-state index in [1.165, 1.54) is 0 Å². The van der Waals surface area contributed by atoms with Gasteiger partial charge in [0.2, 0.25) is 0 Å². The van der Waals surface area contributed by atoms with Gasteiger partial charge in [-0.25, -0.2) is 4.57 Å². The van der Waals surface area contributed by atoms with E-state index in [1.54, 1.807) is 0 Å². The molecular formula is H15Mg3N3O7P+3. The monoisotopic (exact) mass is 272 g/mol. The minimum atomic E-state index is -4.64. The van der Waals surface area contributed by atoms with Crippen molar-refractivity contribution in [3.05, 3.63) is 0 Å². The van der Waals surface area contributed by atoms with Crippen molar-refractivity contribution in [2.24, 2.45) is 0 Å². The molecule has 80 valence electrons. The fourth-order valence-corrected chi connectivity index (χ4v) is 0. The van der Waals surface area contributed by atoms with E-state index >= 15 is 0 Å². The first-order valence-electron chi connectivity index (χ1n) is 0.783. The van der Waals surface area contributed by atoms with Gasteiger partial charge in [0.1, 0.15) is 0 Å². The van der Waals surface area contributed by atoms with Crippen molar-refractivity contribution >= 4 is 77.0 Å². The molecule has 0 aliphatic rings. The fourth-order valence-electron chi connectivity index (χ4n) is 0. The second-order valence-corrected chi connectivity index (χ2v) is 1.54. The molecule has 0 aliphatic carbocycles. The predicted molar refractivity (Wildman–Crippen MR) is 51.5 cm³/mol. The molecule has 0 aliphatic heterocycles. The van der Waals surface area contributed by atoms with E-state index in [1.807, 2.05) is 0 Å². The summed E-state index contributed by atoms with van der Waals surface area (Å²) in [6, 6.07) is 0. The van der Waals surface area contributed by atoms with Crippen molar-refractivity contribution in [2.45, 2.75) is 0 Å². The molecule has 0 radical (unpaired) electrons. The van der Waals surface area contributed by atoms with Crippen LogP contribution >= 0.6 is 7.82 Å². The third kappa shape index (κ3) is 522. The maximum Gasteiger partial charge on any atom is 2.00 e. The van der Waals surface area contributed by atoms with Crippen molar-refractivity contribution in [2.75, 3.05) is 0 Å². The Bertz CT molecular complexity index is 70.3. The van der Waals surface area contributed by atoms with E-state index in [0.717, 1.165) is 0 Å². The first-order valence-corrected chi connectivity index (χ1v) is 2.35. The standard InChI is InChI=1S/3Mg.3H3N.H3O4P.3O/c;;;;;;1-5(2,3)4;;;/h;;;3*1H3;(H3,1,2,3,4);;;/q3*+2;;;;;3*-2/p+3. The molecule has 14 heteroatoms. The summed E-state index contributed by atoms with van der Waals surface area (Å²) < 4.78 is 8.88. The minimum Gasteiger partial charge on any atom is -2.00 e. The first-order chi connectivity index (χ1) is 2.00. The van der Waals surface area contributed by atoms with Crippen LogP contribution in [0.5, 0.6) is 0 Å². The van der Waals surface area contributed by atoms with Crippen LogP contribution in [0.25, 0.3) is 0 Å². The van der Waals surface area contributed by atoms with Crippen LogP contribution in [0.1, 0.15) is 0 Å². The first kappa shape index (κ1) is 97.8. The number of hydrogen-bond acceptors (Lipinski definition) is 1. The van der Waals surface area contributed by atoms with Crippen LogP contribution in [-0.4, -0.2) is 83.8 Å². The number of phosphoric acid groups is 1. The van der Waals surface area contributed by atoms with Crippen molar-refractivity contribution in [3.8, 4) is 0 Å². The largest absolute Gasteiger partial charge is 2.00 e. The average molecular weight is 273 g/mol. The quantitative estimate of drug-likeness (QED) is 0.231. The molecule has 0 saturated carbocycles. The molecule has 0 atom stereocenters. The van der Waals surface area contributed by atoms with Gasteiger partial charge in [0.15, 0.2) is 0 Å². The Morgan fingerprint density at radius 2 is 0.643 bits per heavy atom. The Hall–Kier alpha value is 2.17. The van der Waals surface area contributed by atoms with Crippen LogP contribution < -0.4 is 18.5 Å². The van der Waals surface area contributed by atoms with E-state index in [4.69, 9.17) is 19.2 Å². The van der Waals surface area contributed by atoms with Gasteiger partial charge in [-0.15, -0.1) is 0 Å². The molecule has 0 aromatic heterocycles. The molecule has 0 spiro atoms. The summed E-state index contributed by atoms with van der Waals surface area (Å²) in [5.74, 6) is 0. The summed E-state index contributed by atoms with van der Waals surface area (Å²) in [6.07, 6.45) is 0. The van der Waals surface area contributed by atoms with Crippen LogP contribution in [-0.2, 0) is 21.0 Å². The van der Waals surface area contributed by atoms with Gasteiger partial charge in [-0.05, 0) is 0 Å². The molecule has 0 bridgehead atoms. The molecular weight excluding hydrogens is 258 g/mol. The van der Waals surface area contributed by atoms with E-state index in [2.05, 4.69) is 0 Å². The normalized spacial score (nSPS) is 4.21. The molecule has 14 heavy (non-hydrogen) atoms. The molecule has 0 rings (SSSR count). The zero-order valence-corrected chi connectivity index (χ0v) is 13.7. The SMILES string of the molecule is O=P(O)(O)O.[Mg+2].[Mg+2].[Mg+2].[NH4+].[NH4+].[NH4+].[O-2].[O-2].[O-2]. The summed E-state index contributed by atoms with van der Waals surface area (Å²) >= 11 is 0. The summed E-state index contributed by atoms with van der Waals surface area (Å²) in [5, 5.41) is 0. The maximum atomic E-state index is 8.88. The second-order valence-electron chi connectivity index (χ2n) is 0.513. The molecule has 0 aromatic rings. The van der Waals surface area contributed by atoms with E-state index in [0.29, 0.717) is 0 Å². The van der Waals surface area contributed by atoms with Crippen molar-refractivity contribution < 1.29 is 35.7 Å². The molecule has 0 amide bonds. The van der Waals surface area contributed by atoms with Crippen LogP contribution in [0.15, 0.2) is 0 Å². The van der Waals surface area contributed by atoms with Crippen molar-refractivity contribution in [3.63, 3.8) is 0 Å². The van der Waals surface area contributed by atoms with E-state index < -0.39 is 7.82 Å². The minimum absolute atomic E-state index is 0. The number of quaternary nitrogens is 3. The summed E-state index contributed by atoms with van der Waals surface area (Å²) in [5.41, 5.74) is 0. The van der Waals surface area contributed by atoms with Gasteiger partial charge in [0, 0.05) is 0 Å². The van der Waals surface area contributed by atoms with Crippen molar-refractivity contribution in [1.29, 1.82) is 0 Å². The summed E-state index contributed by atoms with van der Waals surface area (Å²) in [4.78, 5) is 21.6. The van der Waals surface area contributed by atoms with Gasteiger partial charge >= 0.3 is 77.0 Å². The van der Waals surface area contributed by atoms with E-state index in [9.17, 15) is 0 Å². The molecule has 0 heterocycles. The maximum absolute atomic E-state index is 8.88. The van der Waals surface area contributed by atoms with E-state index in [-0.39, 0.29) is 104 Å². The third-order valence-electron chi connectivity index (χ3n) is 0. The average Bonchev–Trinajstić information content (AvgIpc) is 0.722. The fraction of sp³-hybridized carbons (Fsp3) is 0. The molecule has 10 nitrogen and oxygen atoms in total. The number of rotatable bonds is 0. The smallest absolute Gasteiger partial charge is 2.00 e. The van der Waals surface area contributed by atoms with Gasteiger partial charge in [-0.2, -0.15) is 0 Å². The van der Waals surface area contributed by atoms with Gasteiger partial charge in [-0.1, -0.05) is 0 Å². The number of hydrogen-bond donors (Lipinski definition) is 6. The molecule has 15 N–H and O–H groups in total. The Labute approximate surface area is 130 Å². The Morgan fingerprint density at radius 3 is 0.643 bits per heavy atom. The molecule has 0 aromatic carbocycles. The molecule has 0 saturated heterocycles. The van der Waals surface area contributed by atoms with Crippen LogP contribution in [0.2, 0.25) is 0 Å². The zero-order chi connectivity index (χ0) is 4.50. The Balaban J connectivity index is -0.00000000222. The van der Waals surface area contributed by atoms with Crippen LogP contribution in [0.4, 0.5) is 0 Å². The predicted octanol–water partition coefficient (Wildman–Crippen LogP) is -1.30. The zero-order valence-electron chi connectivity index (χ0n) is 8.54. The van der Waals surface area contributed by atoms with Gasteiger partial charge < -0.3 is 49.6 Å². The molecule has 0 unspecified atom stereocenters. The summed E-state index contributed by atoms with van der Waals surface area (Å²) in [6.45, 7) is 0. The van der Waals surface area contributed by atoms with Gasteiger partial charge in [-0.3, -0.25) is 0 Å². The Kier molecular flexibility index (Phi) is 319. The topological polar surface area (TPSA) is 273 Å². The van der Waals surface area contributed by atoms with Crippen molar-refractivity contribution in [1.82, 2.24) is 18.5 Å². The van der Waals surface area contributed by atoms with Crippen LogP contribution in [0.3, 0.4) is 0 Å².